The number of methoxy groups -OCH3 is 1. The average molecular weight is 291 g/mol. The number of aliphatic hydroxyl groups excluding tert-OH is 1. The van der Waals surface area contributed by atoms with Crippen LogP contribution in [0.4, 0.5) is 0 Å². The maximum absolute atomic E-state index is 11.7. The van der Waals surface area contributed by atoms with Crippen LogP contribution in [-0.2, 0) is 4.79 Å². The van der Waals surface area contributed by atoms with E-state index in [0.29, 0.717) is 6.54 Å². The number of aryl methyl sites for hydroxylation is 1. The molecule has 0 unspecified atom stereocenters. The van der Waals surface area contributed by atoms with Crippen LogP contribution in [0.3, 0.4) is 0 Å². The molecule has 0 aliphatic rings. The third-order valence-corrected chi connectivity index (χ3v) is 3.18. The zero-order valence-corrected chi connectivity index (χ0v) is 12.9. The molecule has 2 N–H and O–H groups in total. The Morgan fingerprint density at radius 3 is 2.76 bits per heavy atom. The van der Waals surface area contributed by atoms with Crippen molar-refractivity contribution in [3.8, 4) is 5.75 Å². The number of rotatable bonds is 9. The van der Waals surface area contributed by atoms with Crippen molar-refractivity contribution in [2.24, 2.45) is 0 Å². The fourth-order valence-electron chi connectivity index (χ4n) is 2.01. The molecular weight excluding hydrogens is 266 g/mol. The summed E-state index contributed by atoms with van der Waals surface area (Å²) in [7, 11) is 1.62. The van der Waals surface area contributed by atoms with Gasteiger partial charge in [-0.25, -0.2) is 0 Å². The number of amides is 1. The van der Waals surface area contributed by atoms with Crippen molar-refractivity contribution >= 4 is 12.0 Å². The lowest BCUT2D eigenvalue weighted by molar-refractivity contribution is -0.116. The molecular formula is C17H25NO3. The van der Waals surface area contributed by atoms with Gasteiger partial charge in [0.25, 0.3) is 0 Å². The molecule has 4 nitrogen and oxygen atoms in total. The van der Waals surface area contributed by atoms with Gasteiger partial charge in [0.1, 0.15) is 5.75 Å². The molecule has 1 aromatic rings. The average Bonchev–Trinajstić information content (AvgIpc) is 2.49. The SMILES string of the molecule is COc1ccc(C)cc1/C=C/C(=O)NCCCCCCO. The summed E-state index contributed by atoms with van der Waals surface area (Å²) in [5, 5.41) is 11.5. The molecule has 0 bridgehead atoms. The van der Waals surface area contributed by atoms with Crippen LogP contribution in [0.2, 0.25) is 0 Å². The van der Waals surface area contributed by atoms with Crippen LogP contribution in [0.5, 0.6) is 5.75 Å². The molecule has 116 valence electrons. The molecule has 0 heterocycles. The van der Waals surface area contributed by atoms with Gasteiger partial charge in [-0.05, 0) is 38.0 Å². The Balaban J connectivity index is 2.38. The minimum atomic E-state index is -0.0966. The summed E-state index contributed by atoms with van der Waals surface area (Å²) < 4.78 is 5.27. The van der Waals surface area contributed by atoms with Crippen LogP contribution in [-0.4, -0.2) is 31.3 Å². The van der Waals surface area contributed by atoms with Gasteiger partial charge < -0.3 is 15.2 Å². The third kappa shape index (κ3) is 6.95. The van der Waals surface area contributed by atoms with Gasteiger partial charge in [-0.1, -0.05) is 24.5 Å². The summed E-state index contributed by atoms with van der Waals surface area (Å²) in [5.74, 6) is 0.661. The second kappa shape index (κ2) is 10.00. The van der Waals surface area contributed by atoms with Crippen LogP contribution >= 0.6 is 0 Å². The van der Waals surface area contributed by atoms with E-state index in [4.69, 9.17) is 9.84 Å². The highest BCUT2D eigenvalue weighted by Crippen LogP contribution is 2.20. The number of ether oxygens (including phenoxy) is 1. The minimum absolute atomic E-state index is 0.0966. The first-order valence-corrected chi connectivity index (χ1v) is 7.38. The molecule has 0 saturated heterocycles. The number of aliphatic hydroxyl groups is 1. The molecule has 0 spiro atoms. The maximum atomic E-state index is 11.7. The van der Waals surface area contributed by atoms with Crippen molar-refractivity contribution in [2.45, 2.75) is 32.6 Å². The van der Waals surface area contributed by atoms with Crippen molar-refractivity contribution in [1.29, 1.82) is 0 Å². The van der Waals surface area contributed by atoms with Gasteiger partial charge in [0.05, 0.1) is 7.11 Å². The smallest absolute Gasteiger partial charge is 0.244 e. The molecule has 21 heavy (non-hydrogen) atoms. The number of hydrogen-bond acceptors (Lipinski definition) is 3. The first-order chi connectivity index (χ1) is 10.2. The fraction of sp³-hybridized carbons (Fsp3) is 0.471. The number of carbonyl (C=O) groups is 1. The lowest BCUT2D eigenvalue weighted by Crippen LogP contribution is -2.21. The van der Waals surface area contributed by atoms with Gasteiger partial charge in [0.15, 0.2) is 0 Å². The molecule has 0 aromatic heterocycles. The quantitative estimate of drug-likeness (QED) is 0.543. The highest BCUT2D eigenvalue weighted by atomic mass is 16.5. The van der Waals surface area contributed by atoms with Gasteiger partial charge in [-0.3, -0.25) is 4.79 Å². The van der Waals surface area contributed by atoms with Gasteiger partial charge in [0.2, 0.25) is 5.91 Å². The summed E-state index contributed by atoms with van der Waals surface area (Å²) >= 11 is 0. The largest absolute Gasteiger partial charge is 0.496 e. The predicted octanol–water partition coefficient (Wildman–Crippen LogP) is 2.69. The monoisotopic (exact) mass is 291 g/mol. The molecule has 1 amide bonds. The Morgan fingerprint density at radius 1 is 1.29 bits per heavy atom. The van der Waals surface area contributed by atoms with E-state index in [0.717, 1.165) is 42.6 Å². The summed E-state index contributed by atoms with van der Waals surface area (Å²) in [6.45, 7) is 2.91. The third-order valence-electron chi connectivity index (χ3n) is 3.18. The first-order valence-electron chi connectivity index (χ1n) is 7.38. The lowest BCUT2D eigenvalue weighted by Gasteiger charge is -2.06. The van der Waals surface area contributed by atoms with Gasteiger partial charge >= 0.3 is 0 Å². The first kappa shape index (κ1) is 17.2. The second-order valence-corrected chi connectivity index (χ2v) is 5.01. The van der Waals surface area contributed by atoms with Crippen LogP contribution in [0.25, 0.3) is 6.08 Å². The Labute approximate surface area is 126 Å². The van der Waals surface area contributed by atoms with Crippen molar-refractivity contribution in [1.82, 2.24) is 5.32 Å². The molecule has 1 rings (SSSR count). The number of benzene rings is 1. The Kier molecular flexibility index (Phi) is 8.21. The number of unbranched alkanes of at least 4 members (excludes halogenated alkanes) is 3. The molecule has 0 aliphatic carbocycles. The van der Waals surface area contributed by atoms with E-state index in [2.05, 4.69) is 5.32 Å². The zero-order chi connectivity index (χ0) is 15.5. The van der Waals surface area contributed by atoms with E-state index in [9.17, 15) is 4.79 Å². The summed E-state index contributed by atoms with van der Waals surface area (Å²) in [6, 6.07) is 5.86. The van der Waals surface area contributed by atoms with E-state index in [1.807, 2.05) is 25.1 Å². The van der Waals surface area contributed by atoms with Gasteiger partial charge in [-0.15, -0.1) is 0 Å². The maximum Gasteiger partial charge on any atom is 0.244 e. The van der Waals surface area contributed by atoms with E-state index in [1.54, 1.807) is 13.2 Å². The van der Waals surface area contributed by atoms with Crippen molar-refractivity contribution < 1.29 is 14.6 Å². The van der Waals surface area contributed by atoms with E-state index < -0.39 is 0 Å². The van der Waals surface area contributed by atoms with Crippen LogP contribution in [0.1, 0.15) is 36.8 Å². The van der Waals surface area contributed by atoms with E-state index in [-0.39, 0.29) is 12.5 Å². The topological polar surface area (TPSA) is 58.6 Å². The molecule has 0 saturated carbocycles. The van der Waals surface area contributed by atoms with Gasteiger partial charge in [0, 0.05) is 24.8 Å². The predicted molar refractivity (Wildman–Crippen MR) is 85.3 cm³/mol. The fourth-order valence-corrected chi connectivity index (χ4v) is 2.01. The summed E-state index contributed by atoms with van der Waals surface area (Å²) in [6.07, 6.45) is 7.10. The standard InChI is InChI=1S/C17H25NO3/c1-14-7-9-16(21-2)15(13-14)8-10-17(20)18-11-5-3-4-6-12-19/h7-10,13,19H,3-6,11-12H2,1-2H3,(H,18,20)/b10-8+. The highest BCUT2D eigenvalue weighted by Gasteiger charge is 2.01. The summed E-state index contributed by atoms with van der Waals surface area (Å²) in [5.41, 5.74) is 2.02. The number of hydrogen-bond donors (Lipinski definition) is 2. The Bertz CT molecular complexity index is 469. The lowest BCUT2D eigenvalue weighted by atomic mass is 10.1. The minimum Gasteiger partial charge on any atom is -0.496 e. The number of carbonyl (C=O) groups excluding carboxylic acids is 1. The Morgan fingerprint density at radius 2 is 2.05 bits per heavy atom. The summed E-state index contributed by atoms with van der Waals surface area (Å²) in [4.78, 5) is 11.7. The second-order valence-electron chi connectivity index (χ2n) is 5.01. The van der Waals surface area contributed by atoms with E-state index >= 15 is 0 Å². The van der Waals surface area contributed by atoms with Crippen LogP contribution in [0.15, 0.2) is 24.3 Å². The van der Waals surface area contributed by atoms with Crippen LogP contribution in [0, 0.1) is 6.92 Å². The van der Waals surface area contributed by atoms with Crippen molar-refractivity contribution in [3.63, 3.8) is 0 Å². The number of nitrogens with one attached hydrogen (secondary N) is 1. The Hall–Kier alpha value is -1.81. The van der Waals surface area contributed by atoms with Crippen LogP contribution < -0.4 is 10.1 Å². The molecule has 0 aliphatic heterocycles. The molecule has 1 aromatic carbocycles. The van der Waals surface area contributed by atoms with E-state index in [1.165, 1.54) is 6.08 Å². The highest BCUT2D eigenvalue weighted by molar-refractivity contribution is 5.92. The van der Waals surface area contributed by atoms with Gasteiger partial charge in [-0.2, -0.15) is 0 Å². The van der Waals surface area contributed by atoms with Crippen molar-refractivity contribution in [3.05, 3.63) is 35.4 Å². The normalized spacial score (nSPS) is 10.8. The molecule has 4 heteroatoms. The molecule has 0 fully saturated rings. The zero-order valence-electron chi connectivity index (χ0n) is 12.9. The molecule has 0 radical (unpaired) electrons. The van der Waals surface area contributed by atoms with Crippen molar-refractivity contribution in [2.75, 3.05) is 20.3 Å². The molecule has 0 atom stereocenters.